The van der Waals surface area contributed by atoms with Crippen LogP contribution in [-0.4, -0.2) is 75.6 Å². The van der Waals surface area contributed by atoms with Gasteiger partial charge in [-0.15, -0.1) is 0 Å². The van der Waals surface area contributed by atoms with Crippen molar-refractivity contribution in [3.8, 4) is 0 Å². The van der Waals surface area contributed by atoms with Crippen LogP contribution in [0.5, 0.6) is 0 Å². The number of hydrogen-bond acceptors (Lipinski definition) is 6. The Morgan fingerprint density at radius 3 is 1.53 bits per heavy atom. The lowest BCUT2D eigenvalue weighted by molar-refractivity contribution is -0.870. The lowest BCUT2D eigenvalue weighted by Gasteiger charge is -2.24. The molecule has 9 heteroatoms. The van der Waals surface area contributed by atoms with E-state index in [4.69, 9.17) is 18.5 Å². The summed E-state index contributed by atoms with van der Waals surface area (Å²) in [5.41, 5.74) is 0. The van der Waals surface area contributed by atoms with Gasteiger partial charge in [-0.3, -0.25) is 13.8 Å². The van der Waals surface area contributed by atoms with Crippen molar-refractivity contribution in [2.24, 2.45) is 0 Å². The van der Waals surface area contributed by atoms with Crippen LogP contribution < -0.4 is 0 Å². The van der Waals surface area contributed by atoms with Gasteiger partial charge in [0.1, 0.15) is 19.3 Å². The molecule has 0 spiro atoms. The fourth-order valence-corrected chi connectivity index (χ4v) is 6.77. The van der Waals surface area contributed by atoms with Gasteiger partial charge in [-0.25, -0.2) is 4.57 Å². The summed E-state index contributed by atoms with van der Waals surface area (Å²) in [6.45, 7) is 5.40. The highest BCUT2D eigenvalue weighted by atomic mass is 31.2. The van der Waals surface area contributed by atoms with Crippen molar-refractivity contribution < 1.29 is 37.3 Å². The first-order chi connectivity index (χ1) is 27.6. The number of allylic oxidation sites excluding steroid dienone is 10. The van der Waals surface area contributed by atoms with Gasteiger partial charge in [-0.2, -0.15) is 0 Å². The lowest BCUT2D eigenvalue weighted by atomic mass is 10.1. The monoisotopic (exact) mass is 823 g/mol. The molecule has 2 unspecified atom stereocenters. The maximum atomic E-state index is 12.6. The van der Waals surface area contributed by atoms with E-state index >= 15 is 0 Å². The summed E-state index contributed by atoms with van der Waals surface area (Å²) in [4.78, 5) is 22.8. The molecule has 332 valence electrons. The predicted octanol–water partition coefficient (Wildman–Crippen LogP) is 13.7. The summed E-state index contributed by atoms with van der Waals surface area (Å²) in [5, 5.41) is 0. The lowest BCUT2D eigenvalue weighted by Crippen LogP contribution is -2.37. The molecule has 8 nitrogen and oxygen atoms in total. The molecule has 0 rings (SSSR count). The van der Waals surface area contributed by atoms with E-state index in [1.165, 1.54) is 116 Å². The van der Waals surface area contributed by atoms with E-state index in [0.29, 0.717) is 24.1 Å². The normalized spacial score (nSPS) is 14.3. The van der Waals surface area contributed by atoms with E-state index in [9.17, 15) is 14.3 Å². The fourth-order valence-electron chi connectivity index (χ4n) is 6.03. The number of phosphoric ester groups is 1. The number of unbranched alkanes of at least 4 members (excludes halogenated alkanes) is 18. The zero-order valence-corrected chi connectivity index (χ0v) is 38.5. The van der Waals surface area contributed by atoms with Crippen LogP contribution in [0.25, 0.3) is 0 Å². The van der Waals surface area contributed by atoms with Crippen LogP contribution in [0.15, 0.2) is 60.8 Å². The molecular weight excluding hydrogens is 734 g/mol. The van der Waals surface area contributed by atoms with Gasteiger partial charge in [-0.05, 0) is 64.2 Å². The number of quaternary nitrogens is 1. The highest BCUT2D eigenvalue weighted by Gasteiger charge is 2.26. The number of carbonyl (C=O) groups is 1. The largest absolute Gasteiger partial charge is 0.472 e. The maximum Gasteiger partial charge on any atom is 0.472 e. The van der Waals surface area contributed by atoms with Crippen molar-refractivity contribution in [2.45, 2.75) is 187 Å². The summed E-state index contributed by atoms with van der Waals surface area (Å²) in [6.07, 6.45) is 51.4. The summed E-state index contributed by atoms with van der Waals surface area (Å²) in [5.74, 6) is -0.394. The van der Waals surface area contributed by atoms with Crippen LogP contribution in [0.4, 0.5) is 0 Å². The minimum atomic E-state index is -4.29. The Kier molecular flexibility index (Phi) is 39.7. The third kappa shape index (κ3) is 45.1. The van der Waals surface area contributed by atoms with E-state index < -0.39 is 19.9 Å². The fraction of sp³-hybridized carbons (Fsp3) is 0.771. The number of ether oxygens (including phenoxy) is 2. The highest BCUT2D eigenvalue weighted by molar-refractivity contribution is 7.47. The second-order valence-corrected chi connectivity index (χ2v) is 17.9. The first-order valence-corrected chi connectivity index (χ1v) is 24.5. The number of carbonyl (C=O) groups excluding carboxylic acids is 1. The number of nitrogens with zero attached hydrogens (tertiary/aromatic N) is 1. The molecule has 0 aliphatic heterocycles. The van der Waals surface area contributed by atoms with Gasteiger partial charge >= 0.3 is 13.8 Å². The van der Waals surface area contributed by atoms with Crippen molar-refractivity contribution in [1.82, 2.24) is 0 Å². The third-order valence-electron chi connectivity index (χ3n) is 9.58. The number of hydrogen-bond donors (Lipinski definition) is 1. The van der Waals surface area contributed by atoms with E-state index in [2.05, 4.69) is 62.5 Å². The molecule has 1 N–H and O–H groups in total. The Morgan fingerprint density at radius 1 is 0.561 bits per heavy atom. The van der Waals surface area contributed by atoms with Crippen molar-refractivity contribution >= 4 is 13.8 Å². The molecule has 0 aliphatic rings. The van der Waals surface area contributed by atoms with E-state index in [1.54, 1.807) is 0 Å². The maximum absolute atomic E-state index is 12.6. The number of esters is 1. The smallest absolute Gasteiger partial charge is 0.457 e. The Morgan fingerprint density at radius 2 is 1.02 bits per heavy atom. The molecule has 0 saturated heterocycles. The number of rotatable bonds is 42. The van der Waals surface area contributed by atoms with Crippen molar-refractivity contribution in [3.05, 3.63) is 60.8 Å². The molecule has 57 heavy (non-hydrogen) atoms. The zero-order valence-electron chi connectivity index (χ0n) is 37.6. The van der Waals surface area contributed by atoms with E-state index in [-0.39, 0.29) is 26.2 Å². The average Bonchev–Trinajstić information content (AvgIpc) is 3.16. The molecule has 0 saturated carbocycles. The summed E-state index contributed by atoms with van der Waals surface area (Å²) in [6, 6.07) is 0. The molecule has 0 amide bonds. The molecule has 2 atom stereocenters. The molecule has 0 aromatic rings. The Bertz CT molecular complexity index is 1090. The molecule has 0 heterocycles. The minimum absolute atomic E-state index is 0.0738. The molecule has 0 radical (unpaired) electrons. The summed E-state index contributed by atoms with van der Waals surface area (Å²) >= 11 is 0. The van der Waals surface area contributed by atoms with Crippen molar-refractivity contribution in [2.75, 3.05) is 54.1 Å². The third-order valence-corrected chi connectivity index (χ3v) is 10.6. The SMILES string of the molecule is CC/C=C\C/C=C\C/C=C\C/C=C\CCC(=O)OC(COCCCCCCCCCCCC/C=C\CCCCCCCCCC)COP(=O)(O)OCC[N+](C)(C)C. The minimum Gasteiger partial charge on any atom is -0.457 e. The van der Waals surface area contributed by atoms with Gasteiger partial charge in [0.05, 0.1) is 34.4 Å². The van der Waals surface area contributed by atoms with Gasteiger partial charge in [0.2, 0.25) is 0 Å². The van der Waals surface area contributed by atoms with E-state index in [0.717, 1.165) is 38.5 Å². The molecule has 0 aromatic heterocycles. The standard InChI is InChI=1S/C48H88NO7P/c1-6-8-10-12-14-16-18-20-21-22-23-24-25-26-27-28-30-32-34-36-38-40-43-53-45-47(46-55-57(51,52)54-44-42-49(3,4)5)56-48(50)41-39-37-35-33-31-29-19-17-15-13-11-9-7-2/h9,11,15,17,22-23,29,31,35,37,47H,6-8,10,12-14,16,18-21,24-28,30,32-34,36,38-46H2,1-5H3/p+1/b11-9-,17-15-,23-22-,31-29-,37-35-. The van der Waals surface area contributed by atoms with Gasteiger partial charge in [0.25, 0.3) is 0 Å². The molecule has 0 fully saturated rings. The molecule has 0 bridgehead atoms. The van der Waals surface area contributed by atoms with Crippen LogP contribution in [-0.2, 0) is 27.9 Å². The number of phosphoric acid groups is 1. The van der Waals surface area contributed by atoms with Crippen molar-refractivity contribution in [1.29, 1.82) is 0 Å². The quantitative estimate of drug-likeness (QED) is 0.0215. The number of likely N-dealkylation sites (N-methyl/N-ethyl adjacent to an activating group) is 1. The second kappa shape index (κ2) is 41.0. The molecular formula is C48H89NO7P+. The van der Waals surface area contributed by atoms with Gasteiger partial charge in [0.15, 0.2) is 0 Å². The van der Waals surface area contributed by atoms with Gasteiger partial charge in [-0.1, -0.05) is 171 Å². The topological polar surface area (TPSA) is 91.3 Å². The Balaban J connectivity index is 4.21. The first kappa shape index (κ1) is 55.2. The zero-order chi connectivity index (χ0) is 42.0. The summed E-state index contributed by atoms with van der Waals surface area (Å²) in [7, 11) is 1.62. The Labute approximate surface area is 351 Å². The first-order valence-electron chi connectivity index (χ1n) is 23.0. The van der Waals surface area contributed by atoms with Crippen LogP contribution in [0.3, 0.4) is 0 Å². The Hall–Kier alpha value is -1.80. The predicted molar refractivity (Wildman–Crippen MR) is 242 cm³/mol. The highest BCUT2D eigenvalue weighted by Crippen LogP contribution is 2.43. The molecule has 0 aromatic carbocycles. The van der Waals surface area contributed by atoms with Gasteiger partial charge in [0, 0.05) is 13.0 Å². The van der Waals surface area contributed by atoms with Crippen LogP contribution in [0, 0.1) is 0 Å². The summed E-state index contributed by atoms with van der Waals surface area (Å²) < 4.78 is 34.9. The van der Waals surface area contributed by atoms with Crippen LogP contribution in [0.1, 0.15) is 181 Å². The second-order valence-electron chi connectivity index (χ2n) is 16.4. The van der Waals surface area contributed by atoms with Crippen LogP contribution in [0.2, 0.25) is 0 Å². The van der Waals surface area contributed by atoms with E-state index in [1.807, 2.05) is 33.3 Å². The van der Waals surface area contributed by atoms with Crippen LogP contribution >= 0.6 is 7.82 Å². The average molecular weight is 823 g/mol. The van der Waals surface area contributed by atoms with Crippen molar-refractivity contribution in [3.63, 3.8) is 0 Å². The van der Waals surface area contributed by atoms with Gasteiger partial charge < -0.3 is 18.9 Å². The molecule has 0 aliphatic carbocycles.